The van der Waals surface area contributed by atoms with Crippen LogP contribution in [0.15, 0.2) is 35.0 Å². The number of benzene rings is 1. The van der Waals surface area contributed by atoms with Gasteiger partial charge in [-0.05, 0) is 53.9 Å². The summed E-state index contributed by atoms with van der Waals surface area (Å²) in [6.45, 7) is 6.01. The number of nitrogens with one attached hydrogen (secondary N) is 2. The fraction of sp³-hybridized carbons (Fsp3) is 0.312. The first-order chi connectivity index (χ1) is 9.61. The molecule has 106 valence electrons. The highest BCUT2D eigenvalue weighted by atomic mass is 32.1. The predicted molar refractivity (Wildman–Crippen MR) is 86.5 cm³/mol. The molecule has 4 heteroatoms. The van der Waals surface area contributed by atoms with Crippen molar-refractivity contribution >= 4 is 28.6 Å². The second-order valence-electron chi connectivity index (χ2n) is 4.80. The maximum atomic E-state index is 11.5. The van der Waals surface area contributed by atoms with Gasteiger partial charge in [0.25, 0.3) is 0 Å². The number of carbonyl (C=O) groups is 1. The van der Waals surface area contributed by atoms with E-state index in [4.69, 9.17) is 0 Å². The second-order valence-corrected chi connectivity index (χ2v) is 5.58. The molecule has 0 bridgehead atoms. The van der Waals surface area contributed by atoms with Crippen molar-refractivity contribution in [3.8, 4) is 0 Å². The highest BCUT2D eigenvalue weighted by molar-refractivity contribution is 7.07. The molecule has 1 aromatic carbocycles. The minimum absolute atomic E-state index is 0.0381. The maximum Gasteiger partial charge on any atom is 0.224 e. The lowest BCUT2D eigenvalue weighted by Crippen LogP contribution is -2.12. The third-order valence-electron chi connectivity index (χ3n) is 3.34. The van der Waals surface area contributed by atoms with Gasteiger partial charge in [0, 0.05) is 23.8 Å². The van der Waals surface area contributed by atoms with E-state index in [1.807, 2.05) is 32.0 Å². The topological polar surface area (TPSA) is 41.1 Å². The molecule has 1 heterocycles. The van der Waals surface area contributed by atoms with Crippen molar-refractivity contribution in [2.24, 2.45) is 0 Å². The van der Waals surface area contributed by atoms with Gasteiger partial charge in [0.1, 0.15) is 0 Å². The fourth-order valence-corrected chi connectivity index (χ4v) is 2.76. The summed E-state index contributed by atoms with van der Waals surface area (Å²) in [6.07, 6.45) is 0.488. The highest BCUT2D eigenvalue weighted by Gasteiger charge is 2.10. The lowest BCUT2D eigenvalue weighted by molar-refractivity contribution is -0.115. The number of hydrogen-bond donors (Lipinski definition) is 2. The summed E-state index contributed by atoms with van der Waals surface area (Å²) in [5.41, 5.74) is 4.27. The minimum Gasteiger partial charge on any atom is -0.378 e. The Bertz CT molecular complexity index is 578. The average molecular weight is 288 g/mol. The summed E-state index contributed by atoms with van der Waals surface area (Å²) in [4.78, 5) is 11.5. The van der Waals surface area contributed by atoms with Crippen LogP contribution < -0.4 is 10.6 Å². The van der Waals surface area contributed by atoms with Crippen LogP contribution in [0.2, 0.25) is 0 Å². The number of rotatable bonds is 5. The summed E-state index contributed by atoms with van der Waals surface area (Å²) in [5.74, 6) is 0.0381. The smallest absolute Gasteiger partial charge is 0.224 e. The third-order valence-corrected chi connectivity index (χ3v) is 4.05. The zero-order valence-electron chi connectivity index (χ0n) is 12.1. The molecule has 3 nitrogen and oxygen atoms in total. The van der Waals surface area contributed by atoms with Gasteiger partial charge < -0.3 is 10.6 Å². The molecule has 20 heavy (non-hydrogen) atoms. The summed E-state index contributed by atoms with van der Waals surface area (Å²) in [6, 6.07) is 8.31. The molecule has 1 unspecified atom stereocenters. The van der Waals surface area contributed by atoms with Crippen molar-refractivity contribution < 1.29 is 4.79 Å². The van der Waals surface area contributed by atoms with E-state index in [2.05, 4.69) is 34.4 Å². The number of hydrogen-bond acceptors (Lipinski definition) is 3. The molecule has 0 radical (unpaired) electrons. The molecule has 1 atom stereocenters. The molecule has 0 aliphatic carbocycles. The molecule has 1 aromatic heterocycles. The van der Waals surface area contributed by atoms with E-state index in [1.165, 1.54) is 5.56 Å². The monoisotopic (exact) mass is 288 g/mol. The Morgan fingerprint density at radius 2 is 2.05 bits per heavy atom. The number of carbonyl (C=O) groups excluding carboxylic acids is 1. The molecule has 1 amide bonds. The normalized spacial score (nSPS) is 11.9. The van der Waals surface area contributed by atoms with Crippen molar-refractivity contribution in [2.45, 2.75) is 33.2 Å². The Kier molecular flexibility index (Phi) is 4.79. The van der Waals surface area contributed by atoms with E-state index in [0.29, 0.717) is 6.42 Å². The molecule has 0 saturated heterocycles. The second kappa shape index (κ2) is 6.57. The zero-order valence-corrected chi connectivity index (χ0v) is 12.9. The standard InChI is InChI=1S/C16H20N2OS/c1-4-16(19)18-15-7-5-6-14(11(15)2)17-12(3)13-8-9-20-10-13/h5-10,12,17H,4H2,1-3H3,(H,18,19). The van der Waals surface area contributed by atoms with Crippen LogP contribution >= 0.6 is 11.3 Å². The van der Waals surface area contributed by atoms with Gasteiger partial charge in [-0.2, -0.15) is 11.3 Å². The summed E-state index contributed by atoms with van der Waals surface area (Å²) < 4.78 is 0. The van der Waals surface area contributed by atoms with Crippen LogP contribution in [0.4, 0.5) is 11.4 Å². The molecular weight excluding hydrogens is 268 g/mol. The minimum atomic E-state index is 0.0381. The summed E-state index contributed by atoms with van der Waals surface area (Å²) >= 11 is 1.70. The highest BCUT2D eigenvalue weighted by Crippen LogP contribution is 2.27. The van der Waals surface area contributed by atoms with Crippen LogP contribution in [0.3, 0.4) is 0 Å². The van der Waals surface area contributed by atoms with E-state index in [9.17, 15) is 4.79 Å². The van der Waals surface area contributed by atoms with Crippen LogP contribution in [0.5, 0.6) is 0 Å². The Morgan fingerprint density at radius 1 is 1.30 bits per heavy atom. The number of amides is 1. The van der Waals surface area contributed by atoms with Crippen LogP contribution in [-0.4, -0.2) is 5.91 Å². The Labute approximate surface area is 124 Å². The van der Waals surface area contributed by atoms with E-state index in [0.717, 1.165) is 16.9 Å². The van der Waals surface area contributed by atoms with Crippen LogP contribution in [0.25, 0.3) is 0 Å². The van der Waals surface area contributed by atoms with Crippen molar-refractivity contribution in [1.82, 2.24) is 0 Å². The average Bonchev–Trinajstić information content (AvgIpc) is 2.97. The molecule has 0 aliphatic rings. The Morgan fingerprint density at radius 3 is 2.70 bits per heavy atom. The van der Waals surface area contributed by atoms with Crippen LogP contribution in [-0.2, 0) is 4.79 Å². The third kappa shape index (κ3) is 3.39. The van der Waals surface area contributed by atoms with E-state index >= 15 is 0 Å². The molecule has 2 aromatic rings. The fourth-order valence-electron chi connectivity index (χ4n) is 2.00. The molecule has 0 saturated carbocycles. The van der Waals surface area contributed by atoms with Crippen LogP contribution in [0, 0.1) is 6.92 Å². The zero-order chi connectivity index (χ0) is 14.5. The van der Waals surface area contributed by atoms with Crippen molar-refractivity contribution in [2.75, 3.05) is 10.6 Å². The quantitative estimate of drug-likeness (QED) is 0.845. The number of thiophene rings is 1. The van der Waals surface area contributed by atoms with E-state index in [1.54, 1.807) is 11.3 Å². The lowest BCUT2D eigenvalue weighted by atomic mass is 10.1. The molecular formula is C16H20N2OS. The number of anilines is 2. The van der Waals surface area contributed by atoms with Gasteiger partial charge in [0.2, 0.25) is 5.91 Å². The molecule has 0 spiro atoms. The van der Waals surface area contributed by atoms with Gasteiger partial charge in [-0.15, -0.1) is 0 Å². The SMILES string of the molecule is CCC(=O)Nc1cccc(NC(C)c2ccsc2)c1C. The largest absolute Gasteiger partial charge is 0.378 e. The van der Waals surface area contributed by atoms with Gasteiger partial charge in [-0.1, -0.05) is 13.0 Å². The van der Waals surface area contributed by atoms with Gasteiger partial charge in [-0.25, -0.2) is 0 Å². The first-order valence-corrected chi connectivity index (χ1v) is 7.74. The molecule has 2 N–H and O–H groups in total. The van der Waals surface area contributed by atoms with Gasteiger partial charge >= 0.3 is 0 Å². The first kappa shape index (κ1) is 14.6. The van der Waals surface area contributed by atoms with Crippen molar-refractivity contribution in [3.05, 3.63) is 46.2 Å². The van der Waals surface area contributed by atoms with E-state index < -0.39 is 0 Å². The molecule has 0 fully saturated rings. The summed E-state index contributed by atoms with van der Waals surface area (Å²) in [5, 5.41) is 10.7. The summed E-state index contributed by atoms with van der Waals surface area (Å²) in [7, 11) is 0. The Balaban J connectivity index is 2.16. The predicted octanol–water partition coefficient (Wildman–Crippen LogP) is 4.58. The first-order valence-electron chi connectivity index (χ1n) is 6.80. The Hall–Kier alpha value is -1.81. The molecule has 2 rings (SSSR count). The van der Waals surface area contributed by atoms with Gasteiger partial charge in [-0.3, -0.25) is 4.79 Å². The van der Waals surface area contributed by atoms with Crippen molar-refractivity contribution in [3.63, 3.8) is 0 Å². The van der Waals surface area contributed by atoms with Crippen LogP contribution in [0.1, 0.15) is 37.4 Å². The van der Waals surface area contributed by atoms with Crippen molar-refractivity contribution in [1.29, 1.82) is 0 Å². The lowest BCUT2D eigenvalue weighted by Gasteiger charge is -2.18. The maximum absolute atomic E-state index is 11.5. The van der Waals surface area contributed by atoms with Gasteiger partial charge in [0.05, 0.1) is 0 Å². The van der Waals surface area contributed by atoms with Gasteiger partial charge in [0.15, 0.2) is 0 Å². The van der Waals surface area contributed by atoms with E-state index in [-0.39, 0.29) is 11.9 Å². The molecule has 0 aliphatic heterocycles.